The van der Waals surface area contributed by atoms with Gasteiger partial charge < -0.3 is 0 Å². The first-order valence-electron chi connectivity index (χ1n) is 3.97. The van der Waals surface area contributed by atoms with Crippen LogP contribution in [0.5, 0.6) is 0 Å². The zero-order valence-electron chi connectivity index (χ0n) is 8.06. The molecule has 0 saturated heterocycles. The minimum atomic E-state index is -6.38. The Morgan fingerprint density at radius 1 is 0.765 bits per heavy atom. The van der Waals surface area contributed by atoms with Crippen LogP contribution in [0.3, 0.4) is 0 Å². The van der Waals surface area contributed by atoms with Gasteiger partial charge in [0.1, 0.15) is 0 Å². The normalized spacial score (nSPS) is 19.9. The molecular weight excluding hydrogens is 274 g/mol. The Bertz CT molecular complexity index is 259. The van der Waals surface area contributed by atoms with Crippen LogP contribution in [0.15, 0.2) is 0 Å². The van der Waals surface area contributed by atoms with Crippen molar-refractivity contribution in [3.8, 4) is 0 Å². The molecule has 17 heavy (non-hydrogen) atoms. The lowest BCUT2D eigenvalue weighted by atomic mass is 9.97. The molecule has 0 heterocycles. The molecule has 104 valence electrons. The highest BCUT2D eigenvalue weighted by atomic mass is 19.4. The molecule has 0 N–H and O–H groups in total. The highest BCUT2D eigenvalue weighted by molar-refractivity contribution is 4.93. The van der Waals surface area contributed by atoms with E-state index >= 15 is 0 Å². The third kappa shape index (κ3) is 3.38. The van der Waals surface area contributed by atoms with Gasteiger partial charge in [-0.25, -0.2) is 8.78 Å². The molecule has 0 aromatic heterocycles. The predicted molar refractivity (Wildman–Crippen MR) is 36.1 cm³/mol. The quantitative estimate of drug-likeness (QED) is 0.679. The molecule has 0 aliphatic carbocycles. The highest BCUT2D eigenvalue weighted by Crippen LogP contribution is 2.45. The summed E-state index contributed by atoms with van der Waals surface area (Å²) < 4.78 is 120. The summed E-state index contributed by atoms with van der Waals surface area (Å²) in [7, 11) is 0. The van der Waals surface area contributed by atoms with Gasteiger partial charge in [-0.1, -0.05) is 0 Å². The van der Waals surface area contributed by atoms with Crippen LogP contribution in [0.25, 0.3) is 0 Å². The molecule has 10 heteroatoms. The summed E-state index contributed by atoms with van der Waals surface area (Å²) in [6, 6.07) is 0. The Hall–Kier alpha value is -0.700. The molecule has 2 unspecified atom stereocenters. The van der Waals surface area contributed by atoms with Gasteiger partial charge in [0.15, 0.2) is 6.17 Å². The molecule has 0 fully saturated rings. The zero-order chi connectivity index (χ0) is 14.3. The Kier molecular flexibility index (Phi) is 4.03. The van der Waals surface area contributed by atoms with Crippen LogP contribution in [-0.4, -0.2) is 30.1 Å². The lowest BCUT2D eigenvalue weighted by Gasteiger charge is -2.29. The fourth-order valence-corrected chi connectivity index (χ4v) is 0.758. The van der Waals surface area contributed by atoms with E-state index < -0.39 is 36.5 Å². The summed E-state index contributed by atoms with van der Waals surface area (Å²) in [5.41, 5.74) is -4.47. The van der Waals surface area contributed by atoms with Gasteiger partial charge in [0, 0.05) is 6.42 Å². The molecule has 0 spiro atoms. The molecule has 0 aromatic rings. The average Bonchev–Trinajstić information content (AvgIpc) is 1.98. The van der Waals surface area contributed by atoms with Crippen molar-refractivity contribution in [2.24, 2.45) is 0 Å². The van der Waals surface area contributed by atoms with Gasteiger partial charge in [-0.05, 0) is 6.92 Å². The Labute approximate surface area is 88.6 Å². The summed E-state index contributed by atoms with van der Waals surface area (Å²) >= 11 is 0. The molecular formula is C7H6F10. The van der Waals surface area contributed by atoms with Gasteiger partial charge in [0.2, 0.25) is 5.67 Å². The van der Waals surface area contributed by atoms with Crippen LogP contribution in [0.4, 0.5) is 43.9 Å². The van der Waals surface area contributed by atoms with Crippen molar-refractivity contribution < 1.29 is 43.9 Å². The second-order valence-corrected chi connectivity index (χ2v) is 3.49. The van der Waals surface area contributed by atoms with Crippen molar-refractivity contribution in [2.45, 2.75) is 43.5 Å². The fraction of sp³-hybridized carbons (Fsp3) is 1.00. The summed E-state index contributed by atoms with van der Waals surface area (Å²) in [5.74, 6) is -6.04. The standard InChI is InChI=1S/C7H6F10/c1-4(9,6(12,13)14)2-3(8)5(10,11)7(15,16)17/h3H,2H2,1H3. The van der Waals surface area contributed by atoms with E-state index in [1.807, 2.05) is 0 Å². The van der Waals surface area contributed by atoms with Crippen LogP contribution in [0.2, 0.25) is 0 Å². The summed E-state index contributed by atoms with van der Waals surface area (Å²) in [6.07, 6.45) is -19.1. The fourth-order valence-electron chi connectivity index (χ4n) is 0.758. The van der Waals surface area contributed by atoms with E-state index in [-0.39, 0.29) is 6.92 Å². The van der Waals surface area contributed by atoms with E-state index in [0.29, 0.717) is 0 Å². The van der Waals surface area contributed by atoms with E-state index in [9.17, 15) is 43.9 Å². The van der Waals surface area contributed by atoms with Gasteiger partial charge in [0.25, 0.3) is 0 Å². The van der Waals surface area contributed by atoms with E-state index in [4.69, 9.17) is 0 Å². The third-order valence-electron chi connectivity index (χ3n) is 1.92. The minimum absolute atomic E-state index is 0.313. The number of halogens is 10. The average molecular weight is 280 g/mol. The largest absolute Gasteiger partial charge is 0.456 e. The molecule has 0 nitrogen and oxygen atoms in total. The van der Waals surface area contributed by atoms with E-state index in [1.54, 1.807) is 0 Å². The molecule has 0 rings (SSSR count). The number of hydrogen-bond acceptors (Lipinski definition) is 0. The Morgan fingerprint density at radius 2 is 1.12 bits per heavy atom. The summed E-state index contributed by atoms with van der Waals surface area (Å²) in [4.78, 5) is 0. The van der Waals surface area contributed by atoms with Crippen molar-refractivity contribution in [2.75, 3.05) is 0 Å². The lowest BCUT2D eigenvalue weighted by Crippen LogP contribution is -2.50. The monoisotopic (exact) mass is 280 g/mol. The van der Waals surface area contributed by atoms with Crippen LogP contribution in [0, 0.1) is 0 Å². The third-order valence-corrected chi connectivity index (χ3v) is 1.92. The molecule has 0 amide bonds. The van der Waals surface area contributed by atoms with Gasteiger partial charge >= 0.3 is 18.3 Å². The van der Waals surface area contributed by atoms with Crippen molar-refractivity contribution in [3.05, 3.63) is 0 Å². The maximum atomic E-state index is 12.7. The minimum Gasteiger partial charge on any atom is -0.240 e. The molecule has 2 atom stereocenters. The first-order valence-corrected chi connectivity index (χ1v) is 3.97. The van der Waals surface area contributed by atoms with E-state index in [0.717, 1.165) is 0 Å². The van der Waals surface area contributed by atoms with Crippen molar-refractivity contribution in [1.29, 1.82) is 0 Å². The van der Waals surface area contributed by atoms with Gasteiger partial charge in [-0.15, -0.1) is 0 Å². The molecule has 0 bridgehead atoms. The Morgan fingerprint density at radius 3 is 1.35 bits per heavy atom. The second-order valence-electron chi connectivity index (χ2n) is 3.49. The molecule has 0 radical (unpaired) electrons. The number of rotatable bonds is 3. The predicted octanol–water partition coefficient (Wildman–Crippen LogP) is 4.20. The number of alkyl halides is 10. The SMILES string of the molecule is CC(F)(CC(F)C(F)(F)C(F)(F)F)C(F)(F)F. The van der Waals surface area contributed by atoms with Crippen molar-refractivity contribution in [1.82, 2.24) is 0 Å². The van der Waals surface area contributed by atoms with Crippen LogP contribution in [0.1, 0.15) is 13.3 Å². The van der Waals surface area contributed by atoms with Crippen molar-refractivity contribution in [3.63, 3.8) is 0 Å². The smallest absolute Gasteiger partial charge is 0.240 e. The van der Waals surface area contributed by atoms with Crippen molar-refractivity contribution >= 4 is 0 Å². The first kappa shape index (κ1) is 16.3. The van der Waals surface area contributed by atoms with Gasteiger partial charge in [-0.2, -0.15) is 35.1 Å². The van der Waals surface area contributed by atoms with Gasteiger partial charge in [-0.3, -0.25) is 0 Å². The zero-order valence-corrected chi connectivity index (χ0v) is 8.06. The van der Waals surface area contributed by atoms with E-state index in [1.165, 1.54) is 0 Å². The molecule has 0 aliphatic heterocycles. The Balaban J connectivity index is 4.95. The maximum absolute atomic E-state index is 12.7. The first-order chi connectivity index (χ1) is 7.13. The highest BCUT2D eigenvalue weighted by Gasteiger charge is 2.66. The van der Waals surface area contributed by atoms with Crippen LogP contribution < -0.4 is 0 Å². The second kappa shape index (κ2) is 4.20. The summed E-state index contributed by atoms with van der Waals surface area (Å²) in [5, 5.41) is 0. The topological polar surface area (TPSA) is 0 Å². The lowest BCUT2D eigenvalue weighted by molar-refractivity contribution is -0.312. The number of hydrogen-bond donors (Lipinski definition) is 0. The van der Waals surface area contributed by atoms with Gasteiger partial charge in [0.05, 0.1) is 0 Å². The van der Waals surface area contributed by atoms with Crippen LogP contribution in [-0.2, 0) is 0 Å². The maximum Gasteiger partial charge on any atom is 0.456 e. The van der Waals surface area contributed by atoms with Crippen LogP contribution >= 0.6 is 0 Å². The van der Waals surface area contributed by atoms with E-state index in [2.05, 4.69) is 0 Å². The molecule has 0 saturated carbocycles. The molecule has 0 aliphatic rings. The summed E-state index contributed by atoms with van der Waals surface area (Å²) in [6.45, 7) is -0.313. The molecule has 0 aromatic carbocycles.